The third kappa shape index (κ3) is 4.92. The fourth-order valence-electron chi connectivity index (χ4n) is 2.32. The lowest BCUT2D eigenvalue weighted by Gasteiger charge is -2.05. The average Bonchev–Trinajstić information content (AvgIpc) is 2.96. The van der Waals surface area contributed by atoms with Crippen LogP contribution in [0.15, 0.2) is 50.8 Å². The van der Waals surface area contributed by atoms with E-state index in [4.69, 9.17) is 21.6 Å². The van der Waals surface area contributed by atoms with Crippen molar-refractivity contribution in [1.29, 1.82) is 5.26 Å². The van der Waals surface area contributed by atoms with Gasteiger partial charge in [0.15, 0.2) is 11.8 Å². The largest absolute Gasteiger partial charge is 0.478 e. The van der Waals surface area contributed by atoms with Crippen LogP contribution < -0.4 is 10.1 Å². The Bertz CT molecular complexity index is 1010. The van der Waals surface area contributed by atoms with Gasteiger partial charge in [-0.05, 0) is 82.2 Å². The minimum Gasteiger partial charge on any atom is -0.478 e. The zero-order valence-electron chi connectivity index (χ0n) is 14.1. The Morgan fingerprint density at radius 1 is 1.37 bits per heavy atom. The van der Waals surface area contributed by atoms with E-state index in [0.29, 0.717) is 25.3 Å². The van der Waals surface area contributed by atoms with E-state index >= 15 is 0 Å². The van der Waals surface area contributed by atoms with Gasteiger partial charge < -0.3 is 10.1 Å². The summed E-state index contributed by atoms with van der Waals surface area (Å²) in [5, 5.41) is 12.5. The molecule has 1 N–H and O–H groups in total. The summed E-state index contributed by atoms with van der Waals surface area (Å²) in [5.41, 5.74) is 2.51. The van der Waals surface area contributed by atoms with Crippen molar-refractivity contribution in [3.05, 3.63) is 61.9 Å². The predicted octanol–water partition coefficient (Wildman–Crippen LogP) is 5.20. The number of carbonyl (C=O) groups is 1. The Hall–Kier alpha value is -2.27. The Morgan fingerprint density at radius 3 is 2.89 bits per heavy atom. The summed E-state index contributed by atoms with van der Waals surface area (Å²) in [4.78, 5) is 17.3. The molecule has 136 valence electrons. The first kappa shape index (κ1) is 19.5. The number of aliphatic imine (C=N–C) groups is 1. The Balaban J connectivity index is 1.80. The molecule has 1 amide bonds. The van der Waals surface area contributed by atoms with Crippen LogP contribution in [-0.4, -0.2) is 17.7 Å². The van der Waals surface area contributed by atoms with Crippen LogP contribution in [0.4, 0.5) is 5.69 Å². The molecule has 0 saturated carbocycles. The minimum atomic E-state index is -0.203. The van der Waals surface area contributed by atoms with Crippen LogP contribution >= 0.6 is 39.3 Å². The van der Waals surface area contributed by atoms with Gasteiger partial charge in [-0.1, -0.05) is 17.7 Å². The summed E-state index contributed by atoms with van der Waals surface area (Å²) in [6, 6.07) is 12.7. The van der Waals surface area contributed by atoms with Gasteiger partial charge in [0.1, 0.15) is 11.8 Å². The molecule has 2 aromatic carbocycles. The number of rotatable bonds is 4. The van der Waals surface area contributed by atoms with E-state index in [1.807, 2.05) is 37.3 Å². The third-order valence-electron chi connectivity index (χ3n) is 3.58. The molecule has 5 nitrogen and oxygen atoms in total. The zero-order valence-corrected chi connectivity index (χ0v) is 17.3. The van der Waals surface area contributed by atoms with Crippen molar-refractivity contribution in [3.63, 3.8) is 0 Å². The van der Waals surface area contributed by atoms with E-state index in [9.17, 15) is 4.79 Å². The monoisotopic (exact) mass is 461 g/mol. The third-order valence-corrected chi connectivity index (χ3v) is 5.34. The number of amidine groups is 1. The van der Waals surface area contributed by atoms with Crippen LogP contribution in [-0.2, 0) is 4.79 Å². The Kier molecular flexibility index (Phi) is 6.22. The molecule has 1 fully saturated rings. The van der Waals surface area contributed by atoms with Gasteiger partial charge >= 0.3 is 0 Å². The number of amides is 1. The number of nitrogens with zero attached hydrogens (tertiary/aromatic N) is 2. The van der Waals surface area contributed by atoms with E-state index in [0.717, 1.165) is 16.8 Å². The van der Waals surface area contributed by atoms with Crippen molar-refractivity contribution >= 4 is 62.1 Å². The van der Waals surface area contributed by atoms with Crippen molar-refractivity contribution in [2.24, 2.45) is 4.99 Å². The maximum Gasteiger partial charge on any atom is 0.264 e. The second kappa shape index (κ2) is 8.61. The van der Waals surface area contributed by atoms with Crippen LogP contribution in [0.5, 0.6) is 5.75 Å². The number of ether oxygens (including phenoxy) is 1. The van der Waals surface area contributed by atoms with E-state index in [-0.39, 0.29) is 12.5 Å². The van der Waals surface area contributed by atoms with Crippen molar-refractivity contribution in [2.45, 2.75) is 6.92 Å². The molecule has 1 aliphatic rings. The number of halogens is 2. The first-order valence-electron chi connectivity index (χ1n) is 7.81. The fourth-order valence-corrected chi connectivity index (χ4v) is 3.89. The molecule has 1 saturated heterocycles. The van der Waals surface area contributed by atoms with Crippen LogP contribution in [0.25, 0.3) is 6.08 Å². The smallest absolute Gasteiger partial charge is 0.264 e. The summed E-state index contributed by atoms with van der Waals surface area (Å²) in [6.45, 7) is 1.89. The quantitative estimate of drug-likeness (QED) is 0.633. The summed E-state index contributed by atoms with van der Waals surface area (Å²) in [7, 11) is 0. The number of aryl methyl sites for hydroxylation is 1. The number of benzene rings is 2. The lowest BCUT2D eigenvalue weighted by Crippen LogP contribution is -2.19. The molecule has 0 aliphatic carbocycles. The summed E-state index contributed by atoms with van der Waals surface area (Å²) in [5.74, 6) is 0.369. The van der Waals surface area contributed by atoms with E-state index in [1.54, 1.807) is 18.2 Å². The van der Waals surface area contributed by atoms with Crippen molar-refractivity contribution < 1.29 is 9.53 Å². The number of nitrogens with one attached hydrogen (secondary N) is 1. The van der Waals surface area contributed by atoms with Crippen molar-refractivity contribution in [3.8, 4) is 11.8 Å². The van der Waals surface area contributed by atoms with Gasteiger partial charge in [0.2, 0.25) is 0 Å². The number of nitriles is 1. The number of carbonyl (C=O) groups excluding carboxylic acids is 1. The molecular formula is C19H13BrClN3O2S. The van der Waals surface area contributed by atoms with Gasteiger partial charge in [0.25, 0.3) is 5.91 Å². The SMILES string of the molecule is Cc1cc(Cl)ccc1N=C1NC(=O)/C(=C/c2ccc(OCC#N)c(Br)c2)S1. The Morgan fingerprint density at radius 2 is 2.19 bits per heavy atom. The second-order valence-corrected chi connectivity index (χ2v) is 7.87. The highest BCUT2D eigenvalue weighted by molar-refractivity contribution is 9.10. The van der Waals surface area contributed by atoms with Gasteiger partial charge in [-0.25, -0.2) is 4.99 Å². The maximum absolute atomic E-state index is 12.2. The maximum atomic E-state index is 12.2. The number of hydrogen-bond acceptors (Lipinski definition) is 5. The number of hydrogen-bond donors (Lipinski definition) is 1. The van der Waals surface area contributed by atoms with E-state index in [2.05, 4.69) is 26.2 Å². The summed E-state index contributed by atoms with van der Waals surface area (Å²) >= 11 is 10.6. The molecule has 0 radical (unpaired) electrons. The normalized spacial score (nSPS) is 16.4. The topological polar surface area (TPSA) is 74.5 Å². The van der Waals surface area contributed by atoms with Crippen LogP contribution in [0.2, 0.25) is 5.02 Å². The second-order valence-electron chi connectivity index (χ2n) is 5.55. The van der Waals surface area contributed by atoms with Gasteiger partial charge in [0.05, 0.1) is 15.1 Å². The first-order valence-corrected chi connectivity index (χ1v) is 9.80. The molecule has 0 atom stereocenters. The minimum absolute atomic E-state index is 0.0266. The highest BCUT2D eigenvalue weighted by Gasteiger charge is 2.24. The van der Waals surface area contributed by atoms with Crippen molar-refractivity contribution in [2.75, 3.05) is 6.61 Å². The lowest BCUT2D eigenvalue weighted by molar-refractivity contribution is -0.115. The summed E-state index contributed by atoms with van der Waals surface area (Å²) in [6.07, 6.45) is 1.77. The molecule has 1 heterocycles. The summed E-state index contributed by atoms with van der Waals surface area (Å²) < 4.78 is 6.00. The van der Waals surface area contributed by atoms with Crippen molar-refractivity contribution in [1.82, 2.24) is 5.32 Å². The molecule has 0 spiro atoms. The highest BCUT2D eigenvalue weighted by atomic mass is 79.9. The van der Waals surface area contributed by atoms with Gasteiger partial charge in [-0.15, -0.1) is 0 Å². The molecular weight excluding hydrogens is 450 g/mol. The molecule has 2 aromatic rings. The fraction of sp³-hybridized carbons (Fsp3) is 0.105. The molecule has 0 aromatic heterocycles. The standard InChI is InChI=1S/C19H13BrClN3O2S/c1-11-8-13(21)3-4-15(11)23-19-24-18(25)17(27-19)10-12-2-5-16(14(20)9-12)26-7-6-22/h2-5,8-10H,7H2,1H3,(H,23,24,25)/b17-10-. The first-order chi connectivity index (χ1) is 13.0. The van der Waals surface area contributed by atoms with Gasteiger partial charge in [-0.2, -0.15) is 5.26 Å². The van der Waals surface area contributed by atoms with E-state index in [1.165, 1.54) is 11.8 Å². The molecule has 8 heteroatoms. The molecule has 0 bridgehead atoms. The molecule has 27 heavy (non-hydrogen) atoms. The Labute approximate surface area is 174 Å². The molecule has 0 unspecified atom stereocenters. The number of thioether (sulfide) groups is 1. The zero-order chi connectivity index (χ0) is 19.4. The molecule has 3 rings (SSSR count). The van der Waals surface area contributed by atoms with Gasteiger partial charge in [0, 0.05) is 5.02 Å². The van der Waals surface area contributed by atoms with E-state index < -0.39 is 0 Å². The van der Waals surface area contributed by atoms with Gasteiger partial charge in [-0.3, -0.25) is 4.79 Å². The highest BCUT2D eigenvalue weighted by Crippen LogP contribution is 2.32. The van der Waals surface area contributed by atoms with Crippen LogP contribution in [0.3, 0.4) is 0 Å². The average molecular weight is 463 g/mol. The predicted molar refractivity (Wildman–Crippen MR) is 112 cm³/mol. The molecule has 1 aliphatic heterocycles. The van der Waals surface area contributed by atoms with Crippen LogP contribution in [0, 0.1) is 18.3 Å². The lowest BCUT2D eigenvalue weighted by atomic mass is 10.2. The van der Waals surface area contributed by atoms with Crippen LogP contribution in [0.1, 0.15) is 11.1 Å².